The lowest BCUT2D eigenvalue weighted by molar-refractivity contribution is -0.145. The summed E-state index contributed by atoms with van der Waals surface area (Å²) in [7, 11) is -1.74. The third-order valence-electron chi connectivity index (χ3n) is 5.24. The number of esters is 2. The molecule has 0 saturated carbocycles. The number of rotatable bonds is 12. The Morgan fingerprint density at radius 2 is 1.91 bits per heavy atom. The SMILES string of the molecule is COC(=O)COP(=O)(C[C@@H](CC(C)C)C(=O)OC)OC[C@H]1S[C@@H](n2ccc(N)nc2=O)[C@@H](O)[C@@H]1O. The first-order valence-electron chi connectivity index (χ1n) is 10.8. The van der Waals surface area contributed by atoms with Crippen molar-refractivity contribution in [1.29, 1.82) is 0 Å². The predicted octanol–water partition coefficient (Wildman–Crippen LogP) is 0.396. The molecule has 0 spiro atoms. The van der Waals surface area contributed by atoms with Crippen LogP contribution in [-0.4, -0.2) is 82.8 Å². The monoisotopic (exact) mass is 537 g/mol. The highest BCUT2D eigenvalue weighted by molar-refractivity contribution is 8.00. The Kier molecular flexibility index (Phi) is 10.7. The number of aromatic nitrogens is 2. The zero-order valence-corrected chi connectivity index (χ0v) is 21.6. The summed E-state index contributed by atoms with van der Waals surface area (Å²) in [6, 6.07) is 1.38. The van der Waals surface area contributed by atoms with Gasteiger partial charge in [-0.1, -0.05) is 13.8 Å². The molecule has 0 bridgehead atoms. The molecule has 6 atom stereocenters. The number of carbonyl (C=O) groups excluding carboxylic acids is 2. The Labute approximate surface area is 206 Å². The van der Waals surface area contributed by atoms with Crippen LogP contribution in [0, 0.1) is 11.8 Å². The Hall–Kier alpha value is -1.96. The van der Waals surface area contributed by atoms with E-state index in [2.05, 4.69) is 9.72 Å². The molecule has 15 heteroatoms. The number of nitrogens with zero attached hydrogens (tertiary/aromatic N) is 2. The van der Waals surface area contributed by atoms with Crippen LogP contribution in [-0.2, 0) is 32.7 Å². The number of aliphatic hydroxyl groups is 2. The quantitative estimate of drug-likeness (QED) is 0.245. The smallest absolute Gasteiger partial charge is 0.350 e. The number of carbonyl (C=O) groups is 2. The first-order chi connectivity index (χ1) is 16.4. The number of ether oxygens (including phenoxy) is 2. The van der Waals surface area contributed by atoms with Gasteiger partial charge in [0.2, 0.25) is 0 Å². The summed E-state index contributed by atoms with van der Waals surface area (Å²) >= 11 is 1.01. The number of hydrogen-bond acceptors (Lipinski definition) is 13. The van der Waals surface area contributed by atoms with Gasteiger partial charge in [0.25, 0.3) is 0 Å². The lowest BCUT2D eigenvalue weighted by atomic mass is 9.99. The summed E-state index contributed by atoms with van der Waals surface area (Å²) in [5.41, 5.74) is 4.79. The molecule has 1 unspecified atom stereocenters. The second kappa shape index (κ2) is 12.8. The van der Waals surface area contributed by atoms with Crippen molar-refractivity contribution in [3.05, 3.63) is 22.7 Å². The Balaban J connectivity index is 2.19. The van der Waals surface area contributed by atoms with Gasteiger partial charge in [0.05, 0.1) is 44.3 Å². The lowest BCUT2D eigenvalue weighted by Gasteiger charge is -2.25. The Bertz CT molecular complexity index is 990. The number of nitrogens with two attached hydrogens (primary N) is 1. The van der Waals surface area contributed by atoms with Gasteiger partial charge in [0.15, 0.2) is 6.61 Å². The summed E-state index contributed by atoms with van der Waals surface area (Å²) in [5, 5.41) is 19.3. The molecule has 1 saturated heterocycles. The molecule has 1 aromatic heterocycles. The minimum absolute atomic E-state index is 0.00872. The second-order valence-electron chi connectivity index (χ2n) is 8.38. The van der Waals surface area contributed by atoms with Crippen molar-refractivity contribution in [3.8, 4) is 0 Å². The standard InChI is InChI=1S/C20H32N3O10PS/c1-11(2)7-12(19(27)31-4)10-34(29,33-9-15(24)30-3)32-8-13-16(25)17(26)18(35-13)23-6-5-14(21)22-20(23)28/h5-6,11-13,16-18,25-26H,7-10H2,1-4H3,(H2,21,22,28)/t12-,13-,16-,17+,18-,34?/m1/s1. The van der Waals surface area contributed by atoms with Gasteiger partial charge in [-0.25, -0.2) is 9.59 Å². The van der Waals surface area contributed by atoms with Gasteiger partial charge >= 0.3 is 25.2 Å². The van der Waals surface area contributed by atoms with E-state index in [0.717, 1.165) is 23.4 Å². The van der Waals surface area contributed by atoms with Crippen molar-refractivity contribution in [2.75, 3.05) is 39.3 Å². The maximum atomic E-state index is 13.5. The summed E-state index contributed by atoms with van der Waals surface area (Å²) in [4.78, 5) is 39.6. The van der Waals surface area contributed by atoms with Crippen molar-refractivity contribution >= 4 is 37.1 Å². The Morgan fingerprint density at radius 1 is 1.23 bits per heavy atom. The summed E-state index contributed by atoms with van der Waals surface area (Å²) in [6.07, 6.45) is -1.41. The molecule has 35 heavy (non-hydrogen) atoms. The lowest BCUT2D eigenvalue weighted by Crippen LogP contribution is -2.36. The normalized spacial score (nSPS) is 24.7. The van der Waals surface area contributed by atoms with Crippen LogP contribution in [0.2, 0.25) is 0 Å². The van der Waals surface area contributed by atoms with Crippen LogP contribution in [0.1, 0.15) is 25.6 Å². The highest BCUT2D eigenvalue weighted by Gasteiger charge is 2.45. The minimum Gasteiger partial charge on any atom is -0.469 e. The molecule has 0 amide bonds. The predicted molar refractivity (Wildman–Crippen MR) is 127 cm³/mol. The van der Waals surface area contributed by atoms with Crippen molar-refractivity contribution in [3.63, 3.8) is 0 Å². The van der Waals surface area contributed by atoms with Crippen LogP contribution in [0.4, 0.5) is 5.82 Å². The van der Waals surface area contributed by atoms with Crippen LogP contribution in [0.25, 0.3) is 0 Å². The first-order valence-corrected chi connectivity index (χ1v) is 13.5. The van der Waals surface area contributed by atoms with Crippen LogP contribution >= 0.6 is 19.4 Å². The molecule has 0 radical (unpaired) electrons. The van der Waals surface area contributed by atoms with Gasteiger partial charge in [0, 0.05) is 6.20 Å². The molecule has 13 nitrogen and oxygen atoms in total. The van der Waals surface area contributed by atoms with E-state index in [4.69, 9.17) is 19.5 Å². The molecule has 2 heterocycles. The number of anilines is 1. The van der Waals surface area contributed by atoms with Gasteiger partial charge < -0.3 is 29.9 Å². The molecule has 1 fully saturated rings. The summed E-state index contributed by atoms with van der Waals surface area (Å²) in [5.74, 6) is -2.17. The fourth-order valence-electron chi connectivity index (χ4n) is 3.51. The third kappa shape index (κ3) is 8.02. The van der Waals surface area contributed by atoms with Crippen molar-refractivity contribution in [2.45, 2.75) is 43.1 Å². The highest BCUT2D eigenvalue weighted by atomic mass is 32.2. The van der Waals surface area contributed by atoms with E-state index in [0.29, 0.717) is 6.42 Å². The molecule has 2 rings (SSSR count). The van der Waals surface area contributed by atoms with Gasteiger partial charge in [-0.2, -0.15) is 4.98 Å². The number of methoxy groups -OCH3 is 2. The fraction of sp³-hybridized carbons (Fsp3) is 0.700. The molecule has 1 aromatic rings. The minimum atomic E-state index is -4.08. The fourth-order valence-corrected chi connectivity index (χ4v) is 6.86. The van der Waals surface area contributed by atoms with E-state index < -0.39 is 60.6 Å². The van der Waals surface area contributed by atoms with E-state index in [1.807, 2.05) is 13.8 Å². The van der Waals surface area contributed by atoms with Gasteiger partial charge in [0.1, 0.15) is 17.3 Å². The van der Waals surface area contributed by atoms with Crippen LogP contribution in [0.5, 0.6) is 0 Å². The summed E-state index contributed by atoms with van der Waals surface area (Å²) < 4.78 is 34.8. The molecule has 0 aromatic carbocycles. The van der Waals surface area contributed by atoms with Gasteiger partial charge in [-0.05, 0) is 18.4 Å². The third-order valence-corrected chi connectivity index (χ3v) is 8.74. The average Bonchev–Trinajstić information content (AvgIpc) is 3.08. The number of hydrogen-bond donors (Lipinski definition) is 3. The largest absolute Gasteiger partial charge is 0.469 e. The molecule has 0 aliphatic carbocycles. The van der Waals surface area contributed by atoms with Gasteiger partial charge in [-0.3, -0.25) is 18.5 Å². The molecular weight excluding hydrogens is 505 g/mol. The van der Waals surface area contributed by atoms with Crippen molar-refractivity contribution < 1.29 is 42.9 Å². The van der Waals surface area contributed by atoms with Gasteiger partial charge in [-0.15, -0.1) is 11.8 Å². The van der Waals surface area contributed by atoms with Crippen LogP contribution < -0.4 is 11.4 Å². The Morgan fingerprint density at radius 3 is 2.49 bits per heavy atom. The maximum absolute atomic E-state index is 13.5. The molecule has 4 N–H and O–H groups in total. The van der Waals surface area contributed by atoms with E-state index in [1.54, 1.807) is 0 Å². The van der Waals surface area contributed by atoms with E-state index in [1.165, 1.54) is 19.4 Å². The second-order valence-corrected chi connectivity index (χ2v) is 11.8. The number of aliphatic hydroxyl groups excluding tert-OH is 2. The average molecular weight is 538 g/mol. The van der Waals surface area contributed by atoms with Crippen LogP contribution in [0.15, 0.2) is 17.1 Å². The molecule has 1 aliphatic rings. The first kappa shape index (κ1) is 29.3. The van der Waals surface area contributed by atoms with Crippen molar-refractivity contribution in [1.82, 2.24) is 9.55 Å². The topological polar surface area (TPSA) is 189 Å². The number of nitrogen functional groups attached to an aromatic ring is 1. The maximum Gasteiger partial charge on any atom is 0.350 e. The molecule has 1 aliphatic heterocycles. The zero-order valence-electron chi connectivity index (χ0n) is 19.9. The summed E-state index contributed by atoms with van der Waals surface area (Å²) in [6.45, 7) is 2.70. The van der Waals surface area contributed by atoms with Crippen LogP contribution in [0.3, 0.4) is 0 Å². The number of thioether (sulfide) groups is 1. The van der Waals surface area contributed by atoms with E-state index in [9.17, 15) is 29.2 Å². The zero-order chi connectivity index (χ0) is 26.3. The van der Waals surface area contributed by atoms with E-state index >= 15 is 0 Å². The molecule has 198 valence electrons. The van der Waals surface area contributed by atoms with Crippen molar-refractivity contribution in [2.24, 2.45) is 11.8 Å². The molecular formula is C20H32N3O10PS. The highest BCUT2D eigenvalue weighted by Crippen LogP contribution is 2.52. The van der Waals surface area contributed by atoms with E-state index in [-0.39, 0.29) is 24.5 Å².